The monoisotopic (exact) mass is 503 g/mol. The molecule has 5 rings (SSSR count). The normalized spacial score (nSPS) is 14.4. The van der Waals surface area contributed by atoms with Gasteiger partial charge in [-0.3, -0.25) is 5.32 Å². The number of carboxylic acids is 1. The highest BCUT2D eigenvalue weighted by Gasteiger charge is 2.30. The molecule has 1 amide bonds. The summed E-state index contributed by atoms with van der Waals surface area (Å²) in [7, 11) is 0. The molecule has 0 spiro atoms. The van der Waals surface area contributed by atoms with Gasteiger partial charge in [0.25, 0.3) is 0 Å². The van der Waals surface area contributed by atoms with Gasteiger partial charge in [-0.2, -0.15) is 0 Å². The molecule has 0 unspecified atom stereocenters. The lowest BCUT2D eigenvalue weighted by Crippen LogP contribution is -2.41. The zero-order valence-electron chi connectivity index (χ0n) is 17.5. The molecule has 3 aromatic rings. The first-order chi connectivity index (χ1) is 16.0. The largest absolute Gasteiger partial charge is 0.480 e. The number of carbonyl (C=O) groups is 2. The number of aliphatic carboxylic acids is 1. The molecule has 0 fully saturated rings. The zero-order valence-corrected chi connectivity index (χ0v) is 19.1. The SMILES string of the molecule is O=C(N[C@H](CC1=C[N]c2ccc(Br)cc21)C(=O)O)OCC1c2ccccc2-c2ccccc21. The van der Waals surface area contributed by atoms with Gasteiger partial charge in [-0.25, -0.2) is 9.59 Å². The van der Waals surface area contributed by atoms with E-state index < -0.39 is 18.1 Å². The van der Waals surface area contributed by atoms with Crippen LogP contribution in [0.3, 0.4) is 0 Å². The van der Waals surface area contributed by atoms with E-state index in [4.69, 9.17) is 4.74 Å². The standard InChI is InChI=1S/C26H20BrN2O4/c27-16-9-10-23-21(12-16)15(13-28-23)11-24(25(30)31)29-26(32)33-14-22-19-7-3-1-5-17(19)18-6-2-4-8-20(18)22/h1-10,12-13,22,24H,11,14H2,(H,29,32)(H,30,31)/t24-/m1/s1. The minimum absolute atomic E-state index is 0.0907. The summed E-state index contributed by atoms with van der Waals surface area (Å²) in [6.07, 6.45) is 0.994. The maximum atomic E-state index is 12.6. The fourth-order valence-corrected chi connectivity index (χ4v) is 4.82. The number of rotatable bonds is 6. The second kappa shape index (κ2) is 8.75. The van der Waals surface area contributed by atoms with Crippen LogP contribution in [0.5, 0.6) is 0 Å². The number of halogens is 1. The van der Waals surface area contributed by atoms with Gasteiger partial charge in [0.1, 0.15) is 12.6 Å². The third-order valence-electron chi connectivity index (χ3n) is 6.02. The average molecular weight is 504 g/mol. The number of carbonyl (C=O) groups excluding carboxylic acids is 1. The van der Waals surface area contributed by atoms with Crippen LogP contribution in [0.2, 0.25) is 0 Å². The van der Waals surface area contributed by atoms with Gasteiger partial charge in [-0.15, -0.1) is 0 Å². The number of hydrogen-bond acceptors (Lipinski definition) is 3. The topological polar surface area (TPSA) is 89.7 Å². The van der Waals surface area contributed by atoms with Crippen molar-refractivity contribution >= 4 is 39.3 Å². The summed E-state index contributed by atoms with van der Waals surface area (Å²) in [5, 5.41) is 16.5. The molecular formula is C26H20BrN2O4. The molecule has 1 aliphatic carbocycles. The second-order valence-corrected chi connectivity index (χ2v) is 8.93. The maximum Gasteiger partial charge on any atom is 0.407 e. The Kier molecular flexibility index (Phi) is 5.64. The van der Waals surface area contributed by atoms with Crippen molar-refractivity contribution in [2.45, 2.75) is 18.4 Å². The fourth-order valence-electron chi connectivity index (χ4n) is 4.46. The van der Waals surface area contributed by atoms with E-state index in [1.54, 1.807) is 6.20 Å². The highest BCUT2D eigenvalue weighted by atomic mass is 79.9. The fraction of sp³-hybridized carbons (Fsp3) is 0.154. The van der Waals surface area contributed by atoms with Crippen LogP contribution in [0.25, 0.3) is 16.7 Å². The summed E-state index contributed by atoms with van der Waals surface area (Å²) in [5.74, 6) is -1.22. The van der Waals surface area contributed by atoms with Crippen molar-refractivity contribution in [3.8, 4) is 11.1 Å². The second-order valence-electron chi connectivity index (χ2n) is 8.01. The van der Waals surface area contributed by atoms with Gasteiger partial charge in [-0.1, -0.05) is 64.5 Å². The number of amides is 1. The number of benzene rings is 3. The van der Waals surface area contributed by atoms with Gasteiger partial charge < -0.3 is 15.2 Å². The molecule has 1 atom stereocenters. The van der Waals surface area contributed by atoms with Crippen molar-refractivity contribution in [1.82, 2.24) is 10.6 Å². The molecular weight excluding hydrogens is 484 g/mol. The van der Waals surface area contributed by atoms with Gasteiger partial charge in [0.15, 0.2) is 0 Å². The van der Waals surface area contributed by atoms with E-state index in [0.717, 1.165) is 43.6 Å². The third kappa shape index (κ3) is 4.12. The molecule has 1 radical (unpaired) electrons. The van der Waals surface area contributed by atoms with Crippen molar-refractivity contribution in [1.29, 1.82) is 0 Å². The Balaban J connectivity index is 1.26. The van der Waals surface area contributed by atoms with E-state index >= 15 is 0 Å². The van der Waals surface area contributed by atoms with E-state index in [9.17, 15) is 14.7 Å². The van der Waals surface area contributed by atoms with Crippen molar-refractivity contribution < 1.29 is 19.4 Å². The summed E-state index contributed by atoms with van der Waals surface area (Å²) in [6, 6.07) is 20.6. The lowest BCUT2D eigenvalue weighted by atomic mass is 9.98. The number of alkyl carbamates (subject to hydrolysis) is 1. The van der Waals surface area contributed by atoms with E-state index in [1.165, 1.54) is 0 Å². The van der Waals surface area contributed by atoms with Crippen molar-refractivity contribution in [3.05, 3.63) is 94.1 Å². The number of nitrogens with one attached hydrogen (secondary N) is 1. The Labute approximate surface area is 199 Å². The molecule has 7 heteroatoms. The smallest absolute Gasteiger partial charge is 0.407 e. The predicted octanol–water partition coefficient (Wildman–Crippen LogP) is 5.42. The first-order valence-electron chi connectivity index (χ1n) is 10.6. The van der Waals surface area contributed by atoms with E-state index in [1.807, 2.05) is 54.6 Å². The Morgan fingerprint density at radius 2 is 1.67 bits per heavy atom. The first-order valence-corrected chi connectivity index (χ1v) is 11.3. The molecule has 0 saturated heterocycles. The molecule has 0 bridgehead atoms. The lowest BCUT2D eigenvalue weighted by Gasteiger charge is -2.18. The van der Waals surface area contributed by atoms with E-state index in [0.29, 0.717) is 0 Å². The number of fused-ring (bicyclic) bond motifs is 4. The quantitative estimate of drug-likeness (QED) is 0.469. The summed E-state index contributed by atoms with van der Waals surface area (Å²) >= 11 is 3.43. The summed E-state index contributed by atoms with van der Waals surface area (Å²) in [6.45, 7) is 0.125. The van der Waals surface area contributed by atoms with Gasteiger partial charge >= 0.3 is 12.1 Å². The minimum Gasteiger partial charge on any atom is -0.480 e. The van der Waals surface area contributed by atoms with Crippen LogP contribution in [0, 0.1) is 0 Å². The van der Waals surface area contributed by atoms with Crippen LogP contribution in [-0.4, -0.2) is 29.8 Å². The Morgan fingerprint density at radius 3 is 2.33 bits per heavy atom. The van der Waals surface area contributed by atoms with Crippen LogP contribution >= 0.6 is 15.9 Å². The van der Waals surface area contributed by atoms with Crippen molar-refractivity contribution in [3.63, 3.8) is 0 Å². The average Bonchev–Trinajstić information content (AvgIpc) is 3.35. The van der Waals surface area contributed by atoms with Crippen molar-refractivity contribution in [2.24, 2.45) is 0 Å². The predicted molar refractivity (Wildman–Crippen MR) is 128 cm³/mol. The van der Waals surface area contributed by atoms with Gasteiger partial charge in [0.05, 0.1) is 5.69 Å². The van der Waals surface area contributed by atoms with Crippen LogP contribution in [0.1, 0.15) is 29.0 Å². The maximum absolute atomic E-state index is 12.6. The van der Waals surface area contributed by atoms with E-state index in [2.05, 4.69) is 38.7 Å². The molecule has 0 saturated carbocycles. The minimum atomic E-state index is -1.13. The summed E-state index contributed by atoms with van der Waals surface area (Å²) in [4.78, 5) is 24.4. The van der Waals surface area contributed by atoms with Crippen LogP contribution in [0.15, 0.2) is 77.4 Å². The van der Waals surface area contributed by atoms with Gasteiger partial charge in [0.2, 0.25) is 0 Å². The molecule has 165 valence electrons. The van der Waals surface area contributed by atoms with Crippen molar-refractivity contribution in [2.75, 3.05) is 6.61 Å². The third-order valence-corrected chi connectivity index (χ3v) is 6.52. The highest BCUT2D eigenvalue weighted by molar-refractivity contribution is 9.10. The number of ether oxygens (including phenoxy) is 1. The first kappa shape index (κ1) is 21.3. The Bertz CT molecular complexity index is 1240. The Hall–Kier alpha value is -3.58. The zero-order chi connectivity index (χ0) is 22.9. The molecule has 33 heavy (non-hydrogen) atoms. The van der Waals surface area contributed by atoms with E-state index in [-0.39, 0.29) is 18.9 Å². The molecule has 2 N–H and O–H groups in total. The van der Waals surface area contributed by atoms with Gasteiger partial charge in [0, 0.05) is 28.6 Å². The molecule has 1 aliphatic heterocycles. The molecule has 0 aromatic heterocycles. The Morgan fingerprint density at radius 1 is 1.00 bits per heavy atom. The highest BCUT2D eigenvalue weighted by Crippen LogP contribution is 2.44. The molecule has 1 heterocycles. The van der Waals surface area contributed by atoms with Gasteiger partial charge in [-0.05, 0) is 46.0 Å². The van der Waals surface area contributed by atoms with Crippen LogP contribution in [0.4, 0.5) is 10.5 Å². The lowest BCUT2D eigenvalue weighted by molar-refractivity contribution is -0.139. The summed E-state index contributed by atoms with van der Waals surface area (Å²) in [5.41, 5.74) is 6.84. The number of nitrogens with zero attached hydrogens (tertiary/aromatic N) is 1. The summed E-state index contributed by atoms with van der Waals surface area (Å²) < 4.78 is 6.39. The molecule has 3 aromatic carbocycles. The number of carboxylic acid groups (broad SMARTS) is 1. The molecule has 2 aliphatic rings. The van der Waals surface area contributed by atoms with Crippen LogP contribution < -0.4 is 10.6 Å². The van der Waals surface area contributed by atoms with Crippen LogP contribution in [-0.2, 0) is 9.53 Å². The molecule has 6 nitrogen and oxygen atoms in total. The number of hydrogen-bond donors (Lipinski definition) is 2.